The first kappa shape index (κ1) is 25.3. The van der Waals surface area contributed by atoms with Crippen molar-refractivity contribution in [3.05, 3.63) is 39.8 Å². The number of aliphatic imine (C=N–C) groups is 1. The molecular weight excluding hydrogens is 513 g/mol. The van der Waals surface area contributed by atoms with E-state index in [0.717, 1.165) is 17.1 Å². The molecule has 2 rings (SSSR count). The maximum Gasteiger partial charge on any atom is 0.387 e. The van der Waals surface area contributed by atoms with E-state index in [4.69, 9.17) is 4.74 Å². The van der Waals surface area contributed by atoms with Gasteiger partial charge >= 0.3 is 6.61 Å². The summed E-state index contributed by atoms with van der Waals surface area (Å²) in [5.74, 6) is 1.65. The first-order chi connectivity index (χ1) is 13.4. The van der Waals surface area contributed by atoms with Gasteiger partial charge in [-0.05, 0) is 18.2 Å². The minimum atomic E-state index is -2.89. The first-order valence-corrected chi connectivity index (χ1v) is 9.81. The van der Waals surface area contributed by atoms with Crippen LogP contribution in [0.4, 0.5) is 8.78 Å². The van der Waals surface area contributed by atoms with E-state index in [1.54, 1.807) is 30.5 Å². The van der Waals surface area contributed by atoms with Crippen molar-refractivity contribution in [2.24, 2.45) is 4.99 Å². The number of nitrogens with one attached hydrogen (secondary N) is 2. The number of rotatable bonds is 9. The first-order valence-electron chi connectivity index (χ1n) is 8.93. The van der Waals surface area contributed by atoms with Crippen molar-refractivity contribution in [2.45, 2.75) is 39.3 Å². The second-order valence-electron chi connectivity index (χ2n) is 6.29. The average molecular weight is 540 g/mol. The molecule has 0 bridgehead atoms. The number of ether oxygens (including phenoxy) is 2. The summed E-state index contributed by atoms with van der Waals surface area (Å²) in [4.78, 5) is 8.76. The molecule has 2 N–H and O–H groups in total. The van der Waals surface area contributed by atoms with Crippen LogP contribution in [0.15, 0.2) is 28.6 Å². The third kappa shape index (κ3) is 8.29. The molecule has 1 aromatic heterocycles. The number of aromatic nitrogens is 1. The van der Waals surface area contributed by atoms with Crippen molar-refractivity contribution in [1.29, 1.82) is 0 Å². The summed E-state index contributed by atoms with van der Waals surface area (Å²) < 4.78 is 35.0. The van der Waals surface area contributed by atoms with Gasteiger partial charge in [0.15, 0.2) is 5.96 Å². The Morgan fingerprint density at radius 1 is 1.28 bits per heavy atom. The van der Waals surface area contributed by atoms with Gasteiger partial charge in [0.05, 0.1) is 17.8 Å². The SMILES string of the molecule is CN=C(NCCc1csc(C(C)C)n1)NCc1cc(OC)ccc1OC(F)F.I. The minimum Gasteiger partial charge on any atom is -0.497 e. The van der Waals surface area contributed by atoms with Gasteiger partial charge in [0.25, 0.3) is 0 Å². The minimum absolute atomic E-state index is 0. The standard InChI is InChI=1S/C19H26F2N4O2S.HI/c1-12(2)17-25-14(11-28-17)7-8-23-19(22-3)24-10-13-9-15(26-4)5-6-16(13)27-18(20)21;/h5-6,9,11-12,18H,7-8,10H2,1-4H3,(H2,22,23,24);1H. The maximum absolute atomic E-state index is 12.6. The van der Waals surface area contributed by atoms with E-state index in [1.165, 1.54) is 13.2 Å². The highest BCUT2D eigenvalue weighted by Gasteiger charge is 2.12. The van der Waals surface area contributed by atoms with E-state index in [1.807, 2.05) is 0 Å². The molecule has 0 aliphatic carbocycles. The second kappa shape index (κ2) is 12.8. The van der Waals surface area contributed by atoms with Gasteiger partial charge in [-0.2, -0.15) is 8.78 Å². The van der Waals surface area contributed by atoms with Crippen molar-refractivity contribution < 1.29 is 18.3 Å². The Kier molecular flexibility index (Phi) is 11.2. The molecule has 6 nitrogen and oxygen atoms in total. The Bertz CT molecular complexity index is 787. The number of guanidine groups is 1. The van der Waals surface area contributed by atoms with Crippen LogP contribution in [-0.4, -0.2) is 38.3 Å². The van der Waals surface area contributed by atoms with Crippen molar-refractivity contribution in [3.63, 3.8) is 0 Å². The van der Waals surface area contributed by atoms with Gasteiger partial charge in [-0.15, -0.1) is 35.3 Å². The van der Waals surface area contributed by atoms with Crippen LogP contribution < -0.4 is 20.1 Å². The second-order valence-corrected chi connectivity index (χ2v) is 7.18. The number of hydrogen-bond acceptors (Lipinski definition) is 5. The quantitative estimate of drug-likeness (QED) is 0.281. The molecule has 1 aromatic carbocycles. The van der Waals surface area contributed by atoms with E-state index in [0.29, 0.717) is 29.7 Å². The molecule has 29 heavy (non-hydrogen) atoms. The lowest BCUT2D eigenvalue weighted by molar-refractivity contribution is -0.0504. The average Bonchev–Trinajstić information content (AvgIpc) is 3.14. The van der Waals surface area contributed by atoms with E-state index >= 15 is 0 Å². The van der Waals surface area contributed by atoms with Crippen LogP contribution in [0, 0.1) is 0 Å². The van der Waals surface area contributed by atoms with Gasteiger partial charge < -0.3 is 20.1 Å². The summed E-state index contributed by atoms with van der Waals surface area (Å²) in [6.45, 7) is 2.26. The summed E-state index contributed by atoms with van der Waals surface area (Å²) in [5.41, 5.74) is 1.58. The fourth-order valence-corrected chi connectivity index (χ4v) is 3.31. The third-order valence-electron chi connectivity index (χ3n) is 3.89. The van der Waals surface area contributed by atoms with Crippen LogP contribution in [-0.2, 0) is 13.0 Å². The Labute approximate surface area is 191 Å². The molecule has 0 saturated carbocycles. The predicted molar refractivity (Wildman–Crippen MR) is 123 cm³/mol. The van der Waals surface area contributed by atoms with Gasteiger partial charge in [-0.3, -0.25) is 4.99 Å². The lowest BCUT2D eigenvalue weighted by Crippen LogP contribution is -2.38. The molecule has 0 aliphatic rings. The number of hydrogen-bond donors (Lipinski definition) is 2. The molecule has 0 radical (unpaired) electrons. The molecule has 0 spiro atoms. The smallest absolute Gasteiger partial charge is 0.387 e. The van der Waals surface area contributed by atoms with Crippen molar-refractivity contribution in [3.8, 4) is 11.5 Å². The molecule has 2 aromatic rings. The zero-order valence-electron chi connectivity index (χ0n) is 16.9. The van der Waals surface area contributed by atoms with Crippen LogP contribution >= 0.6 is 35.3 Å². The van der Waals surface area contributed by atoms with Crippen LogP contribution in [0.2, 0.25) is 0 Å². The lowest BCUT2D eigenvalue weighted by atomic mass is 10.2. The van der Waals surface area contributed by atoms with E-state index in [-0.39, 0.29) is 36.3 Å². The van der Waals surface area contributed by atoms with Gasteiger partial charge in [-0.25, -0.2) is 4.98 Å². The normalized spacial score (nSPS) is 11.4. The Morgan fingerprint density at radius 2 is 2.03 bits per heavy atom. The molecule has 0 fully saturated rings. The van der Waals surface area contributed by atoms with Gasteiger partial charge in [0, 0.05) is 43.4 Å². The Morgan fingerprint density at radius 3 is 2.62 bits per heavy atom. The number of alkyl halides is 2. The zero-order chi connectivity index (χ0) is 20.5. The van der Waals surface area contributed by atoms with Crippen LogP contribution in [0.5, 0.6) is 11.5 Å². The van der Waals surface area contributed by atoms with E-state index < -0.39 is 6.61 Å². The van der Waals surface area contributed by atoms with Gasteiger partial charge in [-0.1, -0.05) is 13.8 Å². The Hall–Kier alpha value is -1.69. The lowest BCUT2D eigenvalue weighted by Gasteiger charge is -2.15. The van der Waals surface area contributed by atoms with Crippen LogP contribution in [0.3, 0.4) is 0 Å². The fraction of sp³-hybridized carbons (Fsp3) is 0.474. The number of halogens is 3. The Balaban J connectivity index is 0.00000420. The van der Waals surface area contributed by atoms with Crippen LogP contribution in [0.25, 0.3) is 0 Å². The van der Waals surface area contributed by atoms with Crippen molar-refractivity contribution >= 4 is 41.3 Å². The molecule has 0 amide bonds. The molecular formula is C19H27F2IN4O2S. The molecule has 162 valence electrons. The molecule has 0 saturated heterocycles. The molecule has 0 unspecified atom stereocenters. The maximum atomic E-state index is 12.6. The molecule has 0 atom stereocenters. The largest absolute Gasteiger partial charge is 0.497 e. The van der Waals surface area contributed by atoms with Crippen molar-refractivity contribution in [2.75, 3.05) is 20.7 Å². The molecule has 0 aliphatic heterocycles. The monoisotopic (exact) mass is 540 g/mol. The van der Waals surface area contributed by atoms with Gasteiger partial charge in [0.2, 0.25) is 0 Å². The summed E-state index contributed by atoms with van der Waals surface area (Å²) in [5, 5.41) is 9.49. The number of thiazole rings is 1. The summed E-state index contributed by atoms with van der Waals surface area (Å²) >= 11 is 1.67. The highest BCUT2D eigenvalue weighted by Crippen LogP contribution is 2.25. The van der Waals surface area contributed by atoms with E-state index in [9.17, 15) is 8.78 Å². The number of benzene rings is 1. The van der Waals surface area contributed by atoms with Crippen molar-refractivity contribution in [1.82, 2.24) is 15.6 Å². The predicted octanol–water partition coefficient (Wildman–Crippen LogP) is 4.40. The van der Waals surface area contributed by atoms with Crippen LogP contribution in [0.1, 0.15) is 36.0 Å². The topological polar surface area (TPSA) is 67.8 Å². The third-order valence-corrected chi connectivity index (χ3v) is 5.08. The fourth-order valence-electron chi connectivity index (χ4n) is 2.44. The molecule has 10 heteroatoms. The summed E-state index contributed by atoms with van der Waals surface area (Å²) in [7, 11) is 3.17. The van der Waals surface area contributed by atoms with Gasteiger partial charge in [0.1, 0.15) is 11.5 Å². The number of nitrogens with zero attached hydrogens (tertiary/aromatic N) is 2. The highest BCUT2D eigenvalue weighted by atomic mass is 127. The summed E-state index contributed by atoms with van der Waals surface area (Å²) in [6, 6.07) is 4.70. The highest BCUT2D eigenvalue weighted by molar-refractivity contribution is 14.0. The summed E-state index contributed by atoms with van der Waals surface area (Å²) in [6.07, 6.45) is 0.767. The molecule has 1 heterocycles. The zero-order valence-corrected chi connectivity index (χ0v) is 20.0. The van der Waals surface area contributed by atoms with E-state index in [2.05, 4.69) is 44.6 Å². The number of methoxy groups -OCH3 is 1.